The summed E-state index contributed by atoms with van der Waals surface area (Å²) in [7, 11) is 0. The number of ether oxygens (including phenoxy) is 1. The Morgan fingerprint density at radius 1 is 1.62 bits per heavy atom. The van der Waals surface area contributed by atoms with Gasteiger partial charge in [-0.05, 0) is 13.3 Å². The number of nitrogens with zero attached hydrogens (tertiary/aromatic N) is 1. The maximum absolute atomic E-state index is 11.7. The van der Waals surface area contributed by atoms with Crippen molar-refractivity contribution in [3.05, 3.63) is 0 Å². The number of hydrogen-bond donors (Lipinski definition) is 1. The second kappa shape index (κ2) is 2.96. The summed E-state index contributed by atoms with van der Waals surface area (Å²) >= 11 is 0. The van der Waals surface area contributed by atoms with Crippen LogP contribution in [0.2, 0.25) is 0 Å². The van der Waals surface area contributed by atoms with Crippen LogP contribution in [0.5, 0.6) is 0 Å². The third-order valence-corrected chi connectivity index (χ3v) is 2.65. The molecule has 0 saturated carbocycles. The fourth-order valence-corrected chi connectivity index (χ4v) is 1.92. The average Bonchev–Trinajstić information content (AvgIpc) is 2.50. The van der Waals surface area contributed by atoms with Gasteiger partial charge in [0.1, 0.15) is 0 Å². The lowest BCUT2D eigenvalue weighted by Crippen LogP contribution is -2.62. The van der Waals surface area contributed by atoms with Crippen LogP contribution in [0.1, 0.15) is 13.3 Å². The largest absolute Gasteiger partial charge is 0.386 e. The molecule has 0 bridgehead atoms. The average molecular weight is 185 g/mol. The quantitative estimate of drug-likeness (QED) is 0.605. The van der Waals surface area contributed by atoms with E-state index in [0.717, 1.165) is 6.42 Å². The number of amides is 1. The first-order valence-corrected chi connectivity index (χ1v) is 4.67. The maximum Gasteiger partial charge on any atom is 0.228 e. The topological polar surface area (TPSA) is 49.8 Å². The molecule has 2 rings (SSSR count). The van der Waals surface area contributed by atoms with E-state index < -0.39 is 5.60 Å². The van der Waals surface area contributed by atoms with Crippen molar-refractivity contribution in [3.63, 3.8) is 0 Å². The molecule has 1 amide bonds. The molecule has 74 valence electrons. The van der Waals surface area contributed by atoms with Crippen molar-refractivity contribution in [2.24, 2.45) is 5.92 Å². The van der Waals surface area contributed by atoms with Crippen molar-refractivity contribution >= 4 is 5.91 Å². The van der Waals surface area contributed by atoms with Crippen LogP contribution in [0.4, 0.5) is 0 Å². The van der Waals surface area contributed by atoms with Crippen LogP contribution < -0.4 is 0 Å². The van der Waals surface area contributed by atoms with E-state index in [1.165, 1.54) is 0 Å². The second-order valence-electron chi connectivity index (χ2n) is 4.25. The van der Waals surface area contributed by atoms with Crippen LogP contribution in [0.3, 0.4) is 0 Å². The summed E-state index contributed by atoms with van der Waals surface area (Å²) in [6.45, 7) is 3.95. The van der Waals surface area contributed by atoms with Crippen LogP contribution in [-0.4, -0.2) is 47.8 Å². The SMILES string of the molecule is CC1(O)CN(C(=O)C2CCOC2)C1. The van der Waals surface area contributed by atoms with Crippen LogP contribution >= 0.6 is 0 Å². The first-order valence-electron chi connectivity index (χ1n) is 4.67. The Balaban J connectivity index is 1.85. The Morgan fingerprint density at radius 2 is 2.31 bits per heavy atom. The lowest BCUT2D eigenvalue weighted by Gasteiger charge is -2.45. The third kappa shape index (κ3) is 1.69. The zero-order chi connectivity index (χ0) is 9.47. The van der Waals surface area contributed by atoms with Gasteiger partial charge in [0, 0.05) is 6.61 Å². The molecule has 0 aliphatic carbocycles. The number of aliphatic hydroxyl groups is 1. The molecule has 1 unspecified atom stereocenters. The molecule has 0 radical (unpaired) electrons. The Labute approximate surface area is 77.5 Å². The van der Waals surface area contributed by atoms with Gasteiger partial charge in [-0.15, -0.1) is 0 Å². The molecule has 0 aromatic carbocycles. The van der Waals surface area contributed by atoms with E-state index in [1.807, 2.05) is 0 Å². The maximum atomic E-state index is 11.7. The van der Waals surface area contributed by atoms with Crippen LogP contribution in [0.15, 0.2) is 0 Å². The Kier molecular flexibility index (Phi) is 2.04. The second-order valence-corrected chi connectivity index (χ2v) is 4.25. The number of carbonyl (C=O) groups is 1. The van der Waals surface area contributed by atoms with Gasteiger partial charge in [0.2, 0.25) is 5.91 Å². The molecular weight excluding hydrogens is 170 g/mol. The van der Waals surface area contributed by atoms with E-state index in [9.17, 15) is 9.90 Å². The van der Waals surface area contributed by atoms with Gasteiger partial charge < -0.3 is 14.7 Å². The van der Waals surface area contributed by atoms with Gasteiger partial charge in [0.05, 0.1) is 31.2 Å². The Bertz CT molecular complexity index is 213. The lowest BCUT2D eigenvalue weighted by atomic mass is 9.94. The molecule has 0 spiro atoms. The van der Waals surface area contributed by atoms with Crippen LogP contribution in [0.25, 0.3) is 0 Å². The number of likely N-dealkylation sites (tertiary alicyclic amines) is 1. The summed E-state index contributed by atoms with van der Waals surface area (Å²) < 4.78 is 5.14. The molecule has 1 N–H and O–H groups in total. The molecule has 0 aromatic rings. The fourth-order valence-electron chi connectivity index (χ4n) is 1.92. The summed E-state index contributed by atoms with van der Waals surface area (Å²) in [5.74, 6) is 0.181. The van der Waals surface area contributed by atoms with E-state index in [2.05, 4.69) is 0 Å². The molecule has 2 saturated heterocycles. The molecule has 2 aliphatic rings. The highest BCUT2D eigenvalue weighted by atomic mass is 16.5. The molecule has 1 atom stereocenters. The standard InChI is InChI=1S/C9H15NO3/c1-9(12)5-10(6-9)8(11)7-2-3-13-4-7/h7,12H,2-6H2,1H3. The normalized spacial score (nSPS) is 31.5. The zero-order valence-electron chi connectivity index (χ0n) is 7.82. The smallest absolute Gasteiger partial charge is 0.228 e. The monoisotopic (exact) mass is 185 g/mol. The zero-order valence-corrected chi connectivity index (χ0v) is 7.82. The summed E-state index contributed by atoms with van der Waals surface area (Å²) in [5.41, 5.74) is -0.658. The van der Waals surface area contributed by atoms with Gasteiger partial charge in [-0.25, -0.2) is 0 Å². The van der Waals surface area contributed by atoms with Crippen LogP contribution in [-0.2, 0) is 9.53 Å². The number of β-amino-alcohol motifs (C(OH)–C–C–N with tert-alkyl or cyclic N) is 1. The minimum atomic E-state index is -0.658. The summed E-state index contributed by atoms with van der Waals surface area (Å²) in [4.78, 5) is 13.4. The molecule has 2 heterocycles. The fraction of sp³-hybridized carbons (Fsp3) is 0.889. The van der Waals surface area contributed by atoms with Gasteiger partial charge >= 0.3 is 0 Å². The Morgan fingerprint density at radius 3 is 2.77 bits per heavy atom. The molecular formula is C9H15NO3. The van der Waals surface area contributed by atoms with Crippen molar-refractivity contribution in [2.45, 2.75) is 18.9 Å². The van der Waals surface area contributed by atoms with Gasteiger partial charge in [0.15, 0.2) is 0 Å². The summed E-state index contributed by atoms with van der Waals surface area (Å²) in [5, 5.41) is 9.45. The highest BCUT2D eigenvalue weighted by Gasteiger charge is 2.42. The third-order valence-electron chi connectivity index (χ3n) is 2.65. The van der Waals surface area contributed by atoms with Crippen LogP contribution in [0, 0.1) is 5.92 Å². The van der Waals surface area contributed by atoms with Gasteiger partial charge in [0.25, 0.3) is 0 Å². The summed E-state index contributed by atoms with van der Waals surface area (Å²) in [6, 6.07) is 0. The Hall–Kier alpha value is -0.610. The van der Waals surface area contributed by atoms with Crippen molar-refractivity contribution < 1.29 is 14.6 Å². The predicted molar refractivity (Wildman–Crippen MR) is 46.1 cm³/mol. The molecule has 4 heteroatoms. The lowest BCUT2D eigenvalue weighted by molar-refractivity contribution is -0.156. The van der Waals surface area contributed by atoms with Crippen molar-refractivity contribution in [3.8, 4) is 0 Å². The predicted octanol–water partition coefficient (Wildman–Crippen LogP) is -0.384. The van der Waals surface area contributed by atoms with Gasteiger partial charge in [-0.3, -0.25) is 4.79 Å². The minimum Gasteiger partial charge on any atom is -0.386 e. The highest BCUT2D eigenvalue weighted by Crippen LogP contribution is 2.24. The molecule has 2 aliphatic heterocycles. The van der Waals surface area contributed by atoms with E-state index >= 15 is 0 Å². The first kappa shape index (κ1) is 8.97. The van der Waals surface area contributed by atoms with E-state index in [4.69, 9.17) is 4.74 Å². The van der Waals surface area contributed by atoms with E-state index in [0.29, 0.717) is 26.3 Å². The number of hydrogen-bond acceptors (Lipinski definition) is 3. The van der Waals surface area contributed by atoms with Crippen molar-refractivity contribution in [1.29, 1.82) is 0 Å². The molecule has 0 aromatic heterocycles. The van der Waals surface area contributed by atoms with E-state index in [1.54, 1.807) is 11.8 Å². The van der Waals surface area contributed by atoms with Crippen molar-refractivity contribution in [2.75, 3.05) is 26.3 Å². The van der Waals surface area contributed by atoms with E-state index in [-0.39, 0.29) is 11.8 Å². The number of rotatable bonds is 1. The van der Waals surface area contributed by atoms with Gasteiger partial charge in [-0.1, -0.05) is 0 Å². The highest BCUT2D eigenvalue weighted by molar-refractivity contribution is 5.80. The summed E-state index contributed by atoms with van der Waals surface area (Å²) in [6.07, 6.45) is 0.831. The molecule has 13 heavy (non-hydrogen) atoms. The molecule has 4 nitrogen and oxygen atoms in total. The minimum absolute atomic E-state index is 0.0381. The van der Waals surface area contributed by atoms with Gasteiger partial charge in [-0.2, -0.15) is 0 Å². The molecule has 2 fully saturated rings. The van der Waals surface area contributed by atoms with Crippen molar-refractivity contribution in [1.82, 2.24) is 4.90 Å². The first-order chi connectivity index (χ1) is 6.08. The number of carbonyl (C=O) groups excluding carboxylic acids is 1.